The van der Waals surface area contributed by atoms with E-state index in [1.807, 2.05) is 43.3 Å². The summed E-state index contributed by atoms with van der Waals surface area (Å²) in [5, 5.41) is 3.43. The van der Waals surface area contributed by atoms with Crippen LogP contribution in [0, 0.1) is 0 Å². The summed E-state index contributed by atoms with van der Waals surface area (Å²) in [6, 6.07) is 11.8. The Kier molecular flexibility index (Phi) is 5.07. The monoisotopic (exact) mass is 350 g/mol. The molecule has 0 radical (unpaired) electrons. The van der Waals surface area contributed by atoms with Gasteiger partial charge in [-0.1, -0.05) is 18.2 Å². The van der Waals surface area contributed by atoms with Gasteiger partial charge in [-0.15, -0.1) is 0 Å². The zero-order valence-corrected chi connectivity index (χ0v) is 14.0. The number of para-hydroxylation sites is 1. The summed E-state index contributed by atoms with van der Waals surface area (Å²) in [4.78, 5) is 13.1. The smallest absolute Gasteiger partial charge is 0.219 e. The van der Waals surface area contributed by atoms with E-state index < -0.39 is 0 Å². The minimum absolute atomic E-state index is 0.0417. The fourth-order valence-electron chi connectivity index (χ4n) is 2.03. The first kappa shape index (κ1) is 15.6. The summed E-state index contributed by atoms with van der Waals surface area (Å²) in [6.45, 7) is 4.18. The number of amides is 1. The number of carbonyl (C=O) groups excluding carboxylic acids is 1. The molecule has 4 nitrogen and oxygen atoms in total. The van der Waals surface area contributed by atoms with Gasteiger partial charge in [0.2, 0.25) is 5.91 Å². The molecular formula is C16H19BrN2O2. The standard InChI is InChI=1S/C16H19BrN2O2/c1-11(15-8-9-16(17)21-15)18-14-7-5-4-6-13(14)10-19(3)12(2)20/h4-9,11,18H,10H2,1-3H3. The Bertz CT molecular complexity index is 624. The van der Waals surface area contributed by atoms with Gasteiger partial charge < -0.3 is 14.6 Å². The molecule has 112 valence electrons. The van der Waals surface area contributed by atoms with Crippen LogP contribution in [-0.4, -0.2) is 17.9 Å². The fourth-order valence-corrected chi connectivity index (χ4v) is 2.35. The highest BCUT2D eigenvalue weighted by Crippen LogP contribution is 2.26. The summed E-state index contributed by atoms with van der Waals surface area (Å²) in [5.74, 6) is 0.907. The number of nitrogens with one attached hydrogen (secondary N) is 1. The molecule has 0 saturated carbocycles. The molecule has 1 aromatic heterocycles. The van der Waals surface area contributed by atoms with Crippen molar-refractivity contribution in [2.24, 2.45) is 0 Å². The summed E-state index contributed by atoms with van der Waals surface area (Å²) in [6.07, 6.45) is 0. The molecule has 2 rings (SSSR count). The number of halogens is 1. The Morgan fingerprint density at radius 1 is 1.33 bits per heavy atom. The SMILES string of the molecule is CC(=O)N(C)Cc1ccccc1NC(C)c1ccc(Br)o1. The van der Waals surface area contributed by atoms with E-state index in [2.05, 4.69) is 21.2 Å². The minimum atomic E-state index is 0.0417. The lowest BCUT2D eigenvalue weighted by atomic mass is 10.1. The van der Waals surface area contributed by atoms with E-state index in [-0.39, 0.29) is 11.9 Å². The van der Waals surface area contributed by atoms with Crippen molar-refractivity contribution in [2.75, 3.05) is 12.4 Å². The van der Waals surface area contributed by atoms with E-state index in [9.17, 15) is 4.79 Å². The van der Waals surface area contributed by atoms with E-state index in [1.165, 1.54) is 0 Å². The average Bonchev–Trinajstić information content (AvgIpc) is 2.87. The molecule has 0 aliphatic heterocycles. The number of rotatable bonds is 5. The summed E-state index contributed by atoms with van der Waals surface area (Å²) in [7, 11) is 1.80. The molecule has 21 heavy (non-hydrogen) atoms. The number of hydrogen-bond donors (Lipinski definition) is 1. The zero-order chi connectivity index (χ0) is 15.4. The molecule has 1 N–H and O–H groups in total. The summed E-state index contributed by atoms with van der Waals surface area (Å²) in [5.41, 5.74) is 2.08. The van der Waals surface area contributed by atoms with E-state index in [0.717, 1.165) is 21.7 Å². The van der Waals surface area contributed by atoms with Crippen LogP contribution in [0.15, 0.2) is 45.5 Å². The molecular weight excluding hydrogens is 332 g/mol. The van der Waals surface area contributed by atoms with Crippen molar-refractivity contribution in [3.05, 3.63) is 52.4 Å². The van der Waals surface area contributed by atoms with E-state index in [1.54, 1.807) is 18.9 Å². The first-order valence-electron chi connectivity index (χ1n) is 6.78. The lowest BCUT2D eigenvalue weighted by molar-refractivity contribution is -0.128. The van der Waals surface area contributed by atoms with Crippen molar-refractivity contribution in [2.45, 2.75) is 26.4 Å². The largest absolute Gasteiger partial charge is 0.452 e. The van der Waals surface area contributed by atoms with Crippen molar-refractivity contribution in [1.82, 2.24) is 4.90 Å². The van der Waals surface area contributed by atoms with Crippen LogP contribution in [0.3, 0.4) is 0 Å². The maximum atomic E-state index is 11.4. The predicted molar refractivity (Wildman–Crippen MR) is 87.0 cm³/mol. The molecule has 0 spiro atoms. The highest BCUT2D eigenvalue weighted by atomic mass is 79.9. The lowest BCUT2D eigenvalue weighted by Crippen LogP contribution is -2.23. The van der Waals surface area contributed by atoms with Gasteiger partial charge in [-0.2, -0.15) is 0 Å². The number of furan rings is 1. The zero-order valence-electron chi connectivity index (χ0n) is 12.4. The van der Waals surface area contributed by atoms with Gasteiger partial charge >= 0.3 is 0 Å². The molecule has 0 saturated heterocycles. The van der Waals surface area contributed by atoms with Gasteiger partial charge in [-0.05, 0) is 46.6 Å². The van der Waals surface area contributed by atoms with Gasteiger partial charge in [0.1, 0.15) is 5.76 Å². The minimum Gasteiger partial charge on any atom is -0.452 e. The van der Waals surface area contributed by atoms with E-state index in [0.29, 0.717) is 6.54 Å². The Morgan fingerprint density at radius 2 is 2.05 bits per heavy atom. The Hall–Kier alpha value is -1.75. The third kappa shape index (κ3) is 4.11. The maximum Gasteiger partial charge on any atom is 0.219 e. The van der Waals surface area contributed by atoms with Crippen LogP contribution in [0.25, 0.3) is 0 Å². The molecule has 1 aromatic carbocycles. The number of carbonyl (C=O) groups is 1. The van der Waals surface area contributed by atoms with Gasteiger partial charge in [0, 0.05) is 26.2 Å². The van der Waals surface area contributed by atoms with Crippen LogP contribution >= 0.6 is 15.9 Å². The van der Waals surface area contributed by atoms with Crippen LogP contribution in [0.2, 0.25) is 0 Å². The average molecular weight is 351 g/mol. The lowest BCUT2D eigenvalue weighted by Gasteiger charge is -2.20. The number of hydrogen-bond acceptors (Lipinski definition) is 3. The fraction of sp³-hybridized carbons (Fsp3) is 0.312. The first-order valence-corrected chi connectivity index (χ1v) is 7.58. The van der Waals surface area contributed by atoms with Crippen molar-refractivity contribution in [3.63, 3.8) is 0 Å². The van der Waals surface area contributed by atoms with Gasteiger partial charge in [0.05, 0.1) is 6.04 Å². The molecule has 2 aromatic rings. The highest BCUT2D eigenvalue weighted by molar-refractivity contribution is 9.10. The molecule has 0 fully saturated rings. The Balaban J connectivity index is 2.14. The van der Waals surface area contributed by atoms with Gasteiger partial charge in [-0.3, -0.25) is 4.79 Å². The van der Waals surface area contributed by atoms with Crippen LogP contribution < -0.4 is 5.32 Å². The molecule has 0 aliphatic carbocycles. The Labute approximate surface area is 133 Å². The van der Waals surface area contributed by atoms with Crippen LogP contribution in [0.5, 0.6) is 0 Å². The molecule has 1 unspecified atom stereocenters. The second kappa shape index (κ2) is 6.80. The van der Waals surface area contributed by atoms with E-state index >= 15 is 0 Å². The first-order chi connectivity index (χ1) is 9.97. The molecule has 1 atom stereocenters. The van der Waals surface area contributed by atoms with Crippen LogP contribution in [-0.2, 0) is 11.3 Å². The second-order valence-electron chi connectivity index (χ2n) is 5.04. The second-order valence-corrected chi connectivity index (χ2v) is 5.82. The van der Waals surface area contributed by atoms with Crippen molar-refractivity contribution in [1.29, 1.82) is 0 Å². The number of benzene rings is 1. The van der Waals surface area contributed by atoms with E-state index in [4.69, 9.17) is 4.42 Å². The summed E-state index contributed by atoms with van der Waals surface area (Å²) < 4.78 is 6.28. The summed E-state index contributed by atoms with van der Waals surface area (Å²) >= 11 is 3.31. The topological polar surface area (TPSA) is 45.5 Å². The number of nitrogens with zero attached hydrogens (tertiary/aromatic N) is 1. The predicted octanol–water partition coefficient (Wildman–Crippen LogP) is 4.19. The van der Waals surface area contributed by atoms with Crippen molar-refractivity contribution < 1.29 is 9.21 Å². The molecule has 0 bridgehead atoms. The molecule has 1 heterocycles. The number of anilines is 1. The van der Waals surface area contributed by atoms with Crippen molar-refractivity contribution in [3.8, 4) is 0 Å². The quantitative estimate of drug-likeness (QED) is 0.878. The third-order valence-corrected chi connectivity index (χ3v) is 3.78. The molecule has 5 heteroatoms. The Morgan fingerprint density at radius 3 is 2.67 bits per heavy atom. The van der Waals surface area contributed by atoms with Crippen LogP contribution in [0.1, 0.15) is 31.2 Å². The third-order valence-electron chi connectivity index (χ3n) is 3.36. The van der Waals surface area contributed by atoms with Gasteiger partial charge in [0.15, 0.2) is 4.67 Å². The maximum absolute atomic E-state index is 11.4. The molecule has 0 aliphatic rings. The highest BCUT2D eigenvalue weighted by Gasteiger charge is 2.13. The normalized spacial score (nSPS) is 12.0. The van der Waals surface area contributed by atoms with Crippen LogP contribution in [0.4, 0.5) is 5.69 Å². The van der Waals surface area contributed by atoms with Gasteiger partial charge in [0.25, 0.3) is 0 Å². The molecule has 1 amide bonds. The van der Waals surface area contributed by atoms with Crippen molar-refractivity contribution >= 4 is 27.5 Å². The van der Waals surface area contributed by atoms with Gasteiger partial charge in [-0.25, -0.2) is 0 Å².